The predicted octanol–water partition coefficient (Wildman–Crippen LogP) is 4.20. The van der Waals surface area contributed by atoms with Gasteiger partial charge in [-0.2, -0.15) is 0 Å². The average molecular weight is 290 g/mol. The zero-order valence-corrected chi connectivity index (χ0v) is 10.6. The van der Waals surface area contributed by atoms with E-state index in [1.807, 2.05) is 6.07 Å². The van der Waals surface area contributed by atoms with E-state index in [9.17, 15) is 13.2 Å². The molecule has 0 spiro atoms. The third kappa shape index (κ3) is 2.94. The standard InChI is InChI=1S/C15H9F3N2O/c16-15(17,18)21-11-5-3-10(4-6-11)13-8-19-9-14-12(13)2-1-7-20-14/h1-9H. The highest BCUT2D eigenvalue weighted by Crippen LogP contribution is 2.29. The van der Waals surface area contributed by atoms with Crippen molar-refractivity contribution >= 4 is 10.9 Å². The summed E-state index contributed by atoms with van der Waals surface area (Å²) < 4.78 is 40.2. The van der Waals surface area contributed by atoms with Crippen LogP contribution in [-0.2, 0) is 0 Å². The second-order valence-corrected chi connectivity index (χ2v) is 4.33. The van der Waals surface area contributed by atoms with Gasteiger partial charge in [-0.3, -0.25) is 9.97 Å². The van der Waals surface area contributed by atoms with Crippen molar-refractivity contribution in [3.63, 3.8) is 0 Å². The molecular weight excluding hydrogens is 281 g/mol. The lowest BCUT2D eigenvalue weighted by atomic mass is 10.0. The highest BCUT2D eigenvalue weighted by atomic mass is 19.4. The summed E-state index contributed by atoms with van der Waals surface area (Å²) in [4.78, 5) is 8.29. The number of hydrogen-bond donors (Lipinski definition) is 0. The molecule has 0 atom stereocenters. The number of fused-ring (bicyclic) bond motifs is 1. The van der Waals surface area contributed by atoms with E-state index in [0.717, 1.165) is 22.0 Å². The molecule has 0 aliphatic rings. The molecule has 0 radical (unpaired) electrons. The fourth-order valence-electron chi connectivity index (χ4n) is 2.07. The smallest absolute Gasteiger partial charge is 0.406 e. The molecular formula is C15H9F3N2O. The van der Waals surface area contributed by atoms with Crippen LogP contribution in [0.5, 0.6) is 5.75 Å². The number of pyridine rings is 2. The lowest BCUT2D eigenvalue weighted by Crippen LogP contribution is -2.16. The van der Waals surface area contributed by atoms with Crippen molar-refractivity contribution in [2.75, 3.05) is 0 Å². The molecule has 0 N–H and O–H groups in total. The van der Waals surface area contributed by atoms with Gasteiger partial charge in [-0.15, -0.1) is 13.2 Å². The van der Waals surface area contributed by atoms with Crippen LogP contribution < -0.4 is 4.74 Å². The van der Waals surface area contributed by atoms with Gasteiger partial charge in [-0.05, 0) is 23.8 Å². The summed E-state index contributed by atoms with van der Waals surface area (Å²) in [6.45, 7) is 0. The fourth-order valence-corrected chi connectivity index (χ4v) is 2.07. The normalized spacial score (nSPS) is 11.6. The third-order valence-electron chi connectivity index (χ3n) is 2.93. The molecule has 3 nitrogen and oxygen atoms in total. The van der Waals surface area contributed by atoms with Gasteiger partial charge in [0.2, 0.25) is 0 Å². The minimum absolute atomic E-state index is 0.252. The van der Waals surface area contributed by atoms with Gasteiger partial charge in [0, 0.05) is 23.3 Å². The lowest BCUT2D eigenvalue weighted by Gasteiger charge is -2.10. The van der Waals surface area contributed by atoms with Gasteiger partial charge in [0.15, 0.2) is 0 Å². The van der Waals surface area contributed by atoms with Gasteiger partial charge in [0.1, 0.15) is 5.75 Å². The van der Waals surface area contributed by atoms with Gasteiger partial charge >= 0.3 is 6.36 Å². The van der Waals surface area contributed by atoms with Gasteiger partial charge < -0.3 is 4.74 Å². The minimum atomic E-state index is -4.69. The number of hydrogen-bond acceptors (Lipinski definition) is 3. The first-order chi connectivity index (χ1) is 10.0. The molecule has 2 aromatic heterocycles. The van der Waals surface area contributed by atoms with Crippen molar-refractivity contribution < 1.29 is 17.9 Å². The Labute approximate surface area is 118 Å². The zero-order valence-electron chi connectivity index (χ0n) is 10.6. The van der Waals surface area contributed by atoms with Crippen molar-refractivity contribution in [1.29, 1.82) is 0 Å². The second kappa shape index (κ2) is 5.05. The summed E-state index contributed by atoms with van der Waals surface area (Å²) in [5.74, 6) is -0.252. The van der Waals surface area contributed by atoms with Crippen LogP contribution in [0, 0.1) is 0 Å². The SMILES string of the molecule is FC(F)(F)Oc1ccc(-c2cncc3ncccc23)cc1. The van der Waals surface area contributed by atoms with Gasteiger partial charge in [-0.1, -0.05) is 18.2 Å². The number of ether oxygens (including phenoxy) is 1. The Morgan fingerprint density at radius 1 is 0.952 bits per heavy atom. The molecule has 3 aromatic rings. The van der Waals surface area contributed by atoms with Crippen LogP contribution in [0.2, 0.25) is 0 Å². The summed E-state index contributed by atoms with van der Waals surface area (Å²) >= 11 is 0. The Balaban J connectivity index is 2.00. The van der Waals surface area contributed by atoms with E-state index in [2.05, 4.69) is 14.7 Å². The molecule has 0 fully saturated rings. The second-order valence-electron chi connectivity index (χ2n) is 4.33. The summed E-state index contributed by atoms with van der Waals surface area (Å²) in [5.41, 5.74) is 2.28. The van der Waals surface area contributed by atoms with Crippen molar-refractivity contribution in [3.05, 3.63) is 55.0 Å². The molecule has 106 valence electrons. The van der Waals surface area contributed by atoms with E-state index in [1.54, 1.807) is 36.8 Å². The van der Waals surface area contributed by atoms with E-state index < -0.39 is 6.36 Å². The molecule has 2 heterocycles. The number of rotatable bonds is 2. The van der Waals surface area contributed by atoms with E-state index in [-0.39, 0.29) is 5.75 Å². The molecule has 6 heteroatoms. The molecule has 21 heavy (non-hydrogen) atoms. The Bertz CT molecular complexity index is 764. The maximum atomic E-state index is 12.1. The summed E-state index contributed by atoms with van der Waals surface area (Å²) in [6.07, 6.45) is 0.268. The monoisotopic (exact) mass is 290 g/mol. The summed E-state index contributed by atoms with van der Waals surface area (Å²) in [7, 11) is 0. The Morgan fingerprint density at radius 2 is 1.71 bits per heavy atom. The molecule has 0 saturated carbocycles. The number of benzene rings is 1. The number of alkyl halides is 3. The Morgan fingerprint density at radius 3 is 2.43 bits per heavy atom. The van der Waals surface area contributed by atoms with Gasteiger partial charge in [0.25, 0.3) is 0 Å². The maximum Gasteiger partial charge on any atom is 0.573 e. The van der Waals surface area contributed by atoms with E-state index in [4.69, 9.17) is 0 Å². The summed E-state index contributed by atoms with van der Waals surface area (Å²) in [6, 6.07) is 9.36. The van der Waals surface area contributed by atoms with Crippen LogP contribution in [-0.4, -0.2) is 16.3 Å². The first-order valence-electron chi connectivity index (χ1n) is 6.08. The average Bonchev–Trinajstić information content (AvgIpc) is 2.46. The fraction of sp³-hybridized carbons (Fsp3) is 0.0667. The zero-order chi connectivity index (χ0) is 14.9. The lowest BCUT2D eigenvalue weighted by molar-refractivity contribution is -0.274. The number of aromatic nitrogens is 2. The Kier molecular flexibility index (Phi) is 3.21. The van der Waals surface area contributed by atoms with Crippen LogP contribution in [0.1, 0.15) is 0 Å². The largest absolute Gasteiger partial charge is 0.573 e. The van der Waals surface area contributed by atoms with Gasteiger partial charge in [-0.25, -0.2) is 0 Å². The van der Waals surface area contributed by atoms with E-state index in [0.29, 0.717) is 0 Å². The van der Waals surface area contributed by atoms with Crippen LogP contribution in [0.4, 0.5) is 13.2 Å². The molecule has 1 aromatic carbocycles. The first-order valence-corrected chi connectivity index (χ1v) is 6.08. The Hall–Kier alpha value is -2.63. The molecule has 0 unspecified atom stereocenters. The van der Waals surface area contributed by atoms with Gasteiger partial charge in [0.05, 0.1) is 11.7 Å². The summed E-state index contributed by atoms with van der Waals surface area (Å²) in [5, 5.41) is 0.886. The third-order valence-corrected chi connectivity index (χ3v) is 2.93. The molecule has 0 bridgehead atoms. The van der Waals surface area contributed by atoms with E-state index in [1.165, 1.54) is 12.1 Å². The molecule has 0 amide bonds. The highest BCUT2D eigenvalue weighted by Gasteiger charge is 2.30. The number of nitrogens with zero attached hydrogens (tertiary/aromatic N) is 2. The molecule has 3 rings (SSSR count). The first kappa shape index (κ1) is 13.4. The van der Waals surface area contributed by atoms with Crippen molar-refractivity contribution in [3.8, 4) is 16.9 Å². The minimum Gasteiger partial charge on any atom is -0.406 e. The predicted molar refractivity (Wildman–Crippen MR) is 71.7 cm³/mol. The van der Waals surface area contributed by atoms with Crippen molar-refractivity contribution in [2.45, 2.75) is 6.36 Å². The van der Waals surface area contributed by atoms with Crippen LogP contribution >= 0.6 is 0 Å². The molecule has 0 aliphatic heterocycles. The highest BCUT2D eigenvalue weighted by molar-refractivity contribution is 5.93. The topological polar surface area (TPSA) is 35.0 Å². The van der Waals surface area contributed by atoms with Crippen molar-refractivity contribution in [1.82, 2.24) is 9.97 Å². The quantitative estimate of drug-likeness (QED) is 0.709. The molecule has 0 saturated heterocycles. The van der Waals surface area contributed by atoms with E-state index >= 15 is 0 Å². The maximum absolute atomic E-state index is 12.1. The molecule has 0 aliphatic carbocycles. The van der Waals surface area contributed by atoms with Crippen LogP contribution in [0.15, 0.2) is 55.0 Å². The van der Waals surface area contributed by atoms with Crippen LogP contribution in [0.25, 0.3) is 22.0 Å². The number of halogens is 3. The van der Waals surface area contributed by atoms with Crippen LogP contribution in [0.3, 0.4) is 0 Å². The van der Waals surface area contributed by atoms with Crippen molar-refractivity contribution in [2.24, 2.45) is 0 Å².